The number of aromatic amines is 1. The molecule has 0 saturated heterocycles. The second-order valence-electron chi connectivity index (χ2n) is 8.27. The number of hydrogen-bond donors (Lipinski definition) is 2. The van der Waals surface area contributed by atoms with E-state index in [9.17, 15) is 9.59 Å². The number of allylic oxidation sites excluding steroid dienone is 1. The number of hydrogen-bond acceptors (Lipinski definition) is 4. The number of pyridine rings is 1. The first-order chi connectivity index (χ1) is 16.5. The summed E-state index contributed by atoms with van der Waals surface area (Å²) in [5.41, 5.74) is 6.44. The highest BCUT2D eigenvalue weighted by Gasteiger charge is 2.29. The van der Waals surface area contributed by atoms with E-state index in [0.717, 1.165) is 69.1 Å². The number of halogens is 1. The molecule has 1 aliphatic carbocycles. The summed E-state index contributed by atoms with van der Waals surface area (Å²) in [7, 11) is 0. The van der Waals surface area contributed by atoms with Crippen LogP contribution in [0, 0.1) is 5.92 Å². The number of rotatable bonds is 6. The molecule has 2 aromatic heterocycles. The smallest absolute Gasteiger partial charge is 0.328 e. The van der Waals surface area contributed by atoms with Crippen molar-refractivity contribution in [3.63, 3.8) is 0 Å². The van der Waals surface area contributed by atoms with E-state index in [0.29, 0.717) is 10.9 Å². The summed E-state index contributed by atoms with van der Waals surface area (Å²) in [5, 5.41) is 9.54. The Labute approximate surface area is 205 Å². The van der Waals surface area contributed by atoms with Gasteiger partial charge in [-0.3, -0.25) is 9.78 Å². The lowest BCUT2D eigenvalue weighted by molar-refractivity contribution is -0.131. The van der Waals surface area contributed by atoms with Crippen molar-refractivity contribution >= 4 is 56.3 Å². The maximum atomic E-state index is 11.9. The summed E-state index contributed by atoms with van der Waals surface area (Å²) in [6, 6.07) is 17.5. The molecule has 1 aliphatic rings. The van der Waals surface area contributed by atoms with Gasteiger partial charge in [-0.2, -0.15) is 0 Å². The van der Waals surface area contributed by atoms with Gasteiger partial charge in [-0.25, -0.2) is 4.79 Å². The van der Waals surface area contributed by atoms with E-state index < -0.39 is 5.97 Å². The van der Waals surface area contributed by atoms with Crippen LogP contribution in [0.1, 0.15) is 41.6 Å². The zero-order valence-electron chi connectivity index (χ0n) is 18.1. The van der Waals surface area contributed by atoms with E-state index in [2.05, 4.69) is 9.97 Å². The topological polar surface area (TPSA) is 83.0 Å². The molecule has 1 fully saturated rings. The highest BCUT2D eigenvalue weighted by Crippen LogP contribution is 2.46. The first kappa shape index (κ1) is 22.3. The van der Waals surface area contributed by atoms with Crippen LogP contribution < -0.4 is 4.87 Å². The van der Waals surface area contributed by atoms with Crippen LogP contribution in [0.15, 0.2) is 71.7 Å². The molecule has 2 aromatic carbocycles. The molecule has 0 radical (unpaired) electrons. The van der Waals surface area contributed by atoms with Crippen molar-refractivity contribution in [2.45, 2.75) is 19.3 Å². The Morgan fingerprint density at radius 2 is 1.88 bits per heavy atom. The van der Waals surface area contributed by atoms with Gasteiger partial charge in [0.05, 0.1) is 20.9 Å². The van der Waals surface area contributed by atoms with E-state index in [1.165, 1.54) is 11.3 Å². The Balaban J connectivity index is 1.75. The number of benzene rings is 2. The molecule has 0 amide bonds. The number of H-pyrrole nitrogens is 1. The van der Waals surface area contributed by atoms with E-state index >= 15 is 0 Å². The average Bonchev–Trinajstić information content (AvgIpc) is 3.16. The van der Waals surface area contributed by atoms with E-state index in [1.54, 1.807) is 12.3 Å². The van der Waals surface area contributed by atoms with Crippen LogP contribution in [-0.2, 0) is 4.79 Å². The van der Waals surface area contributed by atoms with Crippen LogP contribution in [0.25, 0.3) is 27.4 Å². The molecule has 0 atom stereocenters. The normalized spacial score (nSPS) is 14.9. The highest BCUT2D eigenvalue weighted by molar-refractivity contribution is 7.16. The predicted molar refractivity (Wildman–Crippen MR) is 138 cm³/mol. The molecule has 7 heteroatoms. The number of thiazole rings is 1. The minimum atomic E-state index is -0.986. The molecular formula is C27H21ClN2O3S. The number of nitrogens with one attached hydrogen (secondary N) is 1. The van der Waals surface area contributed by atoms with Gasteiger partial charge in [-0.15, -0.1) is 0 Å². The maximum absolute atomic E-state index is 11.9. The molecule has 1 saturated carbocycles. The van der Waals surface area contributed by atoms with Gasteiger partial charge in [0, 0.05) is 12.3 Å². The van der Waals surface area contributed by atoms with Gasteiger partial charge in [-0.1, -0.05) is 59.7 Å². The van der Waals surface area contributed by atoms with E-state index in [4.69, 9.17) is 16.7 Å². The fourth-order valence-corrected chi connectivity index (χ4v) is 5.25. The van der Waals surface area contributed by atoms with Gasteiger partial charge in [-0.05, 0) is 76.9 Å². The highest BCUT2D eigenvalue weighted by atomic mass is 35.5. The van der Waals surface area contributed by atoms with Crippen LogP contribution in [-0.4, -0.2) is 21.0 Å². The maximum Gasteiger partial charge on any atom is 0.328 e. The van der Waals surface area contributed by atoms with Gasteiger partial charge < -0.3 is 10.1 Å². The summed E-state index contributed by atoms with van der Waals surface area (Å²) in [6.07, 6.45) is 7.73. The molecule has 170 valence electrons. The van der Waals surface area contributed by atoms with Crippen molar-refractivity contribution in [1.29, 1.82) is 0 Å². The van der Waals surface area contributed by atoms with Crippen molar-refractivity contribution in [3.8, 4) is 0 Å². The molecule has 0 bridgehead atoms. The lowest BCUT2D eigenvalue weighted by Crippen LogP contribution is -2.16. The van der Waals surface area contributed by atoms with E-state index in [1.807, 2.05) is 54.6 Å². The summed E-state index contributed by atoms with van der Waals surface area (Å²) >= 11 is 7.84. The van der Waals surface area contributed by atoms with Gasteiger partial charge in [0.25, 0.3) is 0 Å². The first-order valence-electron chi connectivity index (χ1n) is 11.0. The third-order valence-corrected chi connectivity index (χ3v) is 7.29. The number of aromatic nitrogens is 2. The molecule has 5 rings (SSSR count). The Hall–Kier alpha value is -3.48. The Morgan fingerprint density at radius 3 is 2.56 bits per heavy atom. The molecule has 2 N–H and O–H groups in total. The van der Waals surface area contributed by atoms with Crippen LogP contribution in [0.4, 0.5) is 0 Å². The molecule has 0 spiro atoms. The zero-order chi connectivity index (χ0) is 23.7. The largest absolute Gasteiger partial charge is 0.478 e. The van der Waals surface area contributed by atoms with Gasteiger partial charge in [0.15, 0.2) is 0 Å². The van der Waals surface area contributed by atoms with Crippen LogP contribution >= 0.6 is 22.9 Å². The third-order valence-electron chi connectivity index (χ3n) is 6.12. The monoisotopic (exact) mass is 488 g/mol. The lowest BCUT2D eigenvalue weighted by Gasteiger charge is -2.31. The van der Waals surface area contributed by atoms with Crippen LogP contribution in [0.2, 0.25) is 5.02 Å². The molecule has 0 unspecified atom stereocenters. The van der Waals surface area contributed by atoms with Crippen LogP contribution in [0.5, 0.6) is 0 Å². The molecule has 2 heterocycles. The second-order valence-corrected chi connectivity index (χ2v) is 9.69. The predicted octanol–water partition coefficient (Wildman–Crippen LogP) is 6.50. The number of nitrogens with zero attached hydrogens (tertiary/aromatic N) is 1. The summed E-state index contributed by atoms with van der Waals surface area (Å²) in [5.74, 6) is -0.661. The van der Waals surface area contributed by atoms with Crippen molar-refractivity contribution in [1.82, 2.24) is 9.97 Å². The first-order valence-corrected chi connectivity index (χ1v) is 12.2. The molecule has 5 nitrogen and oxygen atoms in total. The zero-order valence-corrected chi connectivity index (χ0v) is 19.7. The second kappa shape index (κ2) is 9.41. The van der Waals surface area contributed by atoms with Crippen molar-refractivity contribution < 1.29 is 9.90 Å². The standard InChI is InChI=1S/C27H21ClN2O3S/c28-20-5-2-14-29-26(20)25(17-3-1-4-17)24(18-9-6-16(7-10-18)8-13-23(31)32)19-11-12-22-21(15-19)30-27(33)34-22/h2,5-15,17H,1,3-4H2,(H,30,33)(H,31,32). The van der Waals surface area contributed by atoms with Crippen molar-refractivity contribution in [2.24, 2.45) is 5.92 Å². The minimum absolute atomic E-state index is 0.0840. The van der Waals surface area contributed by atoms with Crippen molar-refractivity contribution in [3.05, 3.63) is 104 Å². The Morgan fingerprint density at radius 1 is 1.12 bits per heavy atom. The Bertz CT molecular complexity index is 1490. The SMILES string of the molecule is O=C(O)C=Cc1ccc(C(=C(c2ncccc2Cl)C2CCC2)c2ccc3sc(=O)[nH]c3c2)cc1. The van der Waals surface area contributed by atoms with Gasteiger partial charge in [0.2, 0.25) is 0 Å². The fraction of sp³-hybridized carbons (Fsp3) is 0.148. The Kier molecular flexibility index (Phi) is 6.18. The summed E-state index contributed by atoms with van der Waals surface area (Å²) in [4.78, 5) is 30.3. The number of fused-ring (bicyclic) bond motifs is 1. The average molecular weight is 489 g/mol. The fourth-order valence-electron chi connectivity index (χ4n) is 4.31. The molecular weight excluding hydrogens is 468 g/mol. The molecule has 34 heavy (non-hydrogen) atoms. The third kappa shape index (κ3) is 4.47. The minimum Gasteiger partial charge on any atom is -0.478 e. The van der Waals surface area contributed by atoms with Crippen LogP contribution in [0.3, 0.4) is 0 Å². The number of aliphatic carboxylic acids is 1. The number of carboxylic acid groups (broad SMARTS) is 1. The molecule has 4 aromatic rings. The van der Waals surface area contributed by atoms with E-state index in [-0.39, 0.29) is 4.87 Å². The summed E-state index contributed by atoms with van der Waals surface area (Å²) < 4.78 is 0.906. The van der Waals surface area contributed by atoms with Crippen molar-refractivity contribution in [2.75, 3.05) is 0 Å². The lowest BCUT2D eigenvalue weighted by atomic mass is 9.74. The molecule has 0 aliphatic heterocycles. The summed E-state index contributed by atoms with van der Waals surface area (Å²) in [6.45, 7) is 0. The quantitative estimate of drug-likeness (QED) is 0.304. The number of carboxylic acids is 1. The number of carbonyl (C=O) groups is 1. The van der Waals surface area contributed by atoms with Gasteiger partial charge in [0.1, 0.15) is 0 Å². The van der Waals surface area contributed by atoms with Gasteiger partial charge >= 0.3 is 10.8 Å².